The van der Waals surface area contributed by atoms with E-state index in [1.165, 1.54) is 13.2 Å². The summed E-state index contributed by atoms with van der Waals surface area (Å²) in [5, 5.41) is 19.2. The summed E-state index contributed by atoms with van der Waals surface area (Å²) in [4.78, 5) is 11.8. The Morgan fingerprint density at radius 3 is 2.88 bits per heavy atom. The van der Waals surface area contributed by atoms with Crippen LogP contribution in [0.25, 0.3) is 6.08 Å². The van der Waals surface area contributed by atoms with Gasteiger partial charge in [-0.25, -0.2) is 0 Å². The summed E-state index contributed by atoms with van der Waals surface area (Å²) in [6, 6.07) is 4.78. The Morgan fingerprint density at radius 1 is 1.53 bits per heavy atom. The Bertz CT molecular complexity index is 525. The molecule has 1 amide bonds. The lowest BCUT2D eigenvalue weighted by Gasteiger charge is -2.03. The molecule has 6 heteroatoms. The molecule has 5 nitrogen and oxygen atoms in total. The summed E-state index contributed by atoms with van der Waals surface area (Å²) < 4.78 is 4.97. The number of amidine groups is 1. The van der Waals surface area contributed by atoms with Gasteiger partial charge in [0.15, 0.2) is 16.7 Å². The Labute approximate surface area is 102 Å². The molecule has 1 aromatic carbocycles. The number of carbonyl (C=O) groups excluding carboxylic acids is 1. The number of methoxy groups -OCH3 is 1. The third-order valence-electron chi connectivity index (χ3n) is 2.16. The van der Waals surface area contributed by atoms with Crippen molar-refractivity contribution < 1.29 is 14.6 Å². The molecule has 1 aliphatic rings. The molecule has 0 aliphatic carbocycles. The summed E-state index contributed by atoms with van der Waals surface area (Å²) in [7, 11) is 1.46. The van der Waals surface area contributed by atoms with Crippen LogP contribution in [-0.4, -0.2) is 23.3 Å². The number of phenolic OH excluding ortho intramolecular Hbond substituents is 1. The van der Waals surface area contributed by atoms with E-state index in [2.05, 4.69) is 5.32 Å². The first kappa shape index (κ1) is 11.5. The number of rotatable bonds is 2. The van der Waals surface area contributed by atoms with Gasteiger partial charge in [0.2, 0.25) is 0 Å². The van der Waals surface area contributed by atoms with Gasteiger partial charge in [0.25, 0.3) is 5.91 Å². The summed E-state index contributed by atoms with van der Waals surface area (Å²) in [5.41, 5.74) is 0.729. The number of ether oxygens (including phenoxy) is 1. The molecule has 0 aromatic heterocycles. The van der Waals surface area contributed by atoms with Gasteiger partial charge in [0.1, 0.15) is 0 Å². The Morgan fingerprint density at radius 2 is 2.29 bits per heavy atom. The monoisotopic (exact) mass is 250 g/mol. The van der Waals surface area contributed by atoms with Crippen molar-refractivity contribution in [3.05, 3.63) is 28.7 Å². The first-order valence-electron chi connectivity index (χ1n) is 4.76. The SMILES string of the molecule is COc1cc(/C=C2/SC(=N)NC2=O)ccc1O. The average Bonchev–Trinajstić information content (AvgIpc) is 2.60. The number of benzene rings is 1. The third kappa shape index (κ3) is 2.42. The van der Waals surface area contributed by atoms with Crippen LogP contribution >= 0.6 is 11.8 Å². The van der Waals surface area contributed by atoms with Crippen LogP contribution in [0.1, 0.15) is 5.56 Å². The Hall–Kier alpha value is -1.95. The van der Waals surface area contributed by atoms with Crippen LogP contribution in [0.15, 0.2) is 23.1 Å². The highest BCUT2D eigenvalue weighted by Crippen LogP contribution is 2.30. The molecule has 3 N–H and O–H groups in total. The normalized spacial score (nSPS) is 17.4. The fourth-order valence-corrected chi connectivity index (χ4v) is 2.08. The van der Waals surface area contributed by atoms with Crippen LogP contribution in [0.4, 0.5) is 0 Å². The lowest BCUT2D eigenvalue weighted by atomic mass is 10.2. The van der Waals surface area contributed by atoms with Crippen LogP contribution in [0, 0.1) is 5.41 Å². The second-order valence-electron chi connectivity index (χ2n) is 3.33. The average molecular weight is 250 g/mol. The molecule has 1 aliphatic heterocycles. The van der Waals surface area contributed by atoms with Crippen molar-refractivity contribution in [2.75, 3.05) is 7.11 Å². The van der Waals surface area contributed by atoms with Crippen LogP contribution in [0.2, 0.25) is 0 Å². The Kier molecular flexibility index (Phi) is 3.06. The fourth-order valence-electron chi connectivity index (χ4n) is 1.38. The third-order valence-corrected chi connectivity index (χ3v) is 2.99. The Balaban J connectivity index is 2.33. The van der Waals surface area contributed by atoms with Crippen LogP contribution < -0.4 is 10.1 Å². The van der Waals surface area contributed by atoms with Crippen molar-refractivity contribution in [2.24, 2.45) is 0 Å². The van der Waals surface area contributed by atoms with E-state index in [1.54, 1.807) is 18.2 Å². The molecule has 1 saturated heterocycles. The highest BCUT2D eigenvalue weighted by atomic mass is 32.2. The second kappa shape index (κ2) is 4.50. The molecule has 88 valence electrons. The summed E-state index contributed by atoms with van der Waals surface area (Å²) in [6.07, 6.45) is 1.64. The quantitative estimate of drug-likeness (QED) is 0.695. The number of hydrogen-bond donors (Lipinski definition) is 3. The highest BCUT2D eigenvalue weighted by molar-refractivity contribution is 8.18. The van der Waals surface area contributed by atoms with E-state index in [4.69, 9.17) is 10.1 Å². The van der Waals surface area contributed by atoms with Gasteiger partial charge >= 0.3 is 0 Å². The molecule has 2 rings (SSSR count). The first-order valence-corrected chi connectivity index (χ1v) is 5.58. The molecule has 0 spiro atoms. The number of thioether (sulfide) groups is 1. The molecule has 0 bridgehead atoms. The second-order valence-corrected chi connectivity index (χ2v) is 4.38. The van der Waals surface area contributed by atoms with Crippen molar-refractivity contribution in [2.45, 2.75) is 0 Å². The predicted octanol–water partition coefficient (Wildman–Crippen LogP) is 1.54. The maximum Gasteiger partial charge on any atom is 0.264 e. The highest BCUT2D eigenvalue weighted by Gasteiger charge is 2.22. The molecule has 1 fully saturated rings. The lowest BCUT2D eigenvalue weighted by Crippen LogP contribution is -2.18. The van der Waals surface area contributed by atoms with Gasteiger partial charge in [-0.05, 0) is 35.5 Å². The van der Waals surface area contributed by atoms with E-state index in [9.17, 15) is 9.90 Å². The molecular formula is C11H10N2O3S. The molecule has 1 heterocycles. The number of aromatic hydroxyl groups is 1. The molecular weight excluding hydrogens is 240 g/mol. The molecule has 0 radical (unpaired) electrons. The maximum atomic E-state index is 11.4. The van der Waals surface area contributed by atoms with Crippen LogP contribution in [-0.2, 0) is 4.79 Å². The predicted molar refractivity (Wildman–Crippen MR) is 66.1 cm³/mol. The van der Waals surface area contributed by atoms with Gasteiger partial charge in [-0.3, -0.25) is 10.2 Å². The molecule has 0 saturated carbocycles. The van der Waals surface area contributed by atoms with Gasteiger partial charge in [-0.15, -0.1) is 0 Å². The number of phenols is 1. The van der Waals surface area contributed by atoms with E-state index >= 15 is 0 Å². The van der Waals surface area contributed by atoms with Crippen molar-refractivity contribution >= 4 is 28.9 Å². The van der Waals surface area contributed by atoms with Crippen LogP contribution in [0.5, 0.6) is 11.5 Å². The zero-order valence-corrected chi connectivity index (χ0v) is 9.80. The summed E-state index contributed by atoms with van der Waals surface area (Å²) in [5.74, 6) is 0.107. The van der Waals surface area contributed by atoms with Gasteiger partial charge < -0.3 is 15.2 Å². The number of hydrogen-bond acceptors (Lipinski definition) is 5. The van der Waals surface area contributed by atoms with Gasteiger partial charge in [-0.1, -0.05) is 6.07 Å². The zero-order chi connectivity index (χ0) is 12.4. The summed E-state index contributed by atoms with van der Waals surface area (Å²) in [6.45, 7) is 0. The lowest BCUT2D eigenvalue weighted by molar-refractivity contribution is -0.115. The minimum absolute atomic E-state index is 0.0471. The van der Waals surface area contributed by atoms with Crippen molar-refractivity contribution in [1.29, 1.82) is 5.41 Å². The van der Waals surface area contributed by atoms with E-state index in [-0.39, 0.29) is 16.8 Å². The molecule has 17 heavy (non-hydrogen) atoms. The van der Waals surface area contributed by atoms with Crippen LogP contribution in [0.3, 0.4) is 0 Å². The van der Waals surface area contributed by atoms with Gasteiger partial charge in [0, 0.05) is 0 Å². The van der Waals surface area contributed by atoms with Gasteiger partial charge in [-0.2, -0.15) is 0 Å². The van der Waals surface area contributed by atoms with Crippen molar-refractivity contribution in [3.63, 3.8) is 0 Å². The van der Waals surface area contributed by atoms with Gasteiger partial charge in [0.05, 0.1) is 12.0 Å². The molecule has 0 atom stereocenters. The number of amides is 1. The van der Waals surface area contributed by atoms with Crippen molar-refractivity contribution in [3.8, 4) is 11.5 Å². The maximum absolute atomic E-state index is 11.4. The van der Waals surface area contributed by atoms with Crippen molar-refractivity contribution in [1.82, 2.24) is 5.32 Å². The van der Waals surface area contributed by atoms with E-state index < -0.39 is 0 Å². The number of carbonyl (C=O) groups is 1. The zero-order valence-electron chi connectivity index (χ0n) is 8.98. The van der Waals surface area contributed by atoms with E-state index in [0.717, 1.165) is 17.3 Å². The largest absolute Gasteiger partial charge is 0.504 e. The van der Waals surface area contributed by atoms with E-state index in [0.29, 0.717) is 10.7 Å². The molecule has 0 unspecified atom stereocenters. The first-order chi connectivity index (χ1) is 8.10. The molecule has 1 aromatic rings. The van der Waals surface area contributed by atoms with E-state index in [1.807, 2.05) is 0 Å². The minimum Gasteiger partial charge on any atom is -0.504 e. The number of nitrogens with one attached hydrogen (secondary N) is 2. The topological polar surface area (TPSA) is 82.4 Å². The fraction of sp³-hybridized carbons (Fsp3) is 0.0909. The summed E-state index contributed by atoms with van der Waals surface area (Å²) >= 11 is 1.07. The standard InChI is InChI=1S/C11H10N2O3S/c1-16-8-4-6(2-3-7(8)14)5-9-10(15)13-11(12)17-9/h2-5,14H,1H3,(H2,12,13,15)/b9-5+. The minimum atomic E-state index is -0.285. The smallest absolute Gasteiger partial charge is 0.264 e.